The van der Waals surface area contributed by atoms with Crippen LogP contribution in [0.25, 0.3) is 27.7 Å². The molecule has 0 aliphatic rings. The molecule has 5 rings (SSSR count). The molecule has 0 spiro atoms. The SMILES string of the molecule is O=C(Cn1nc(-c2ccco2)ccc1=O)Nc1ccc(-c2cn3ccsc3n2)cc1. The second-order valence-electron chi connectivity index (χ2n) is 6.54. The van der Waals surface area contributed by atoms with E-state index in [0.717, 1.165) is 20.9 Å². The fourth-order valence-electron chi connectivity index (χ4n) is 3.05. The summed E-state index contributed by atoms with van der Waals surface area (Å²) in [4.78, 5) is 30.0. The second-order valence-corrected chi connectivity index (χ2v) is 7.41. The van der Waals surface area contributed by atoms with Crippen LogP contribution in [0.15, 0.2) is 81.8 Å². The summed E-state index contributed by atoms with van der Waals surface area (Å²) in [7, 11) is 0. The third kappa shape index (κ3) is 3.53. The van der Waals surface area contributed by atoms with Gasteiger partial charge in [-0.25, -0.2) is 9.67 Å². The quantitative estimate of drug-likeness (QED) is 0.472. The number of thiazole rings is 1. The Labute approximate surface area is 174 Å². The summed E-state index contributed by atoms with van der Waals surface area (Å²) in [6.45, 7) is -0.202. The molecular formula is C21H15N5O3S. The number of hydrogen-bond donors (Lipinski definition) is 1. The zero-order valence-corrected chi connectivity index (χ0v) is 16.4. The van der Waals surface area contributed by atoms with Crippen LogP contribution in [0.5, 0.6) is 0 Å². The predicted octanol–water partition coefficient (Wildman–Crippen LogP) is 3.52. The van der Waals surface area contributed by atoms with Gasteiger partial charge in [-0.05, 0) is 30.3 Å². The van der Waals surface area contributed by atoms with Crippen molar-refractivity contribution in [2.75, 3.05) is 5.32 Å². The number of rotatable bonds is 5. The Kier molecular flexibility index (Phi) is 4.49. The first kappa shape index (κ1) is 18.1. The van der Waals surface area contributed by atoms with Crippen molar-refractivity contribution < 1.29 is 9.21 Å². The predicted molar refractivity (Wildman–Crippen MR) is 113 cm³/mol. The van der Waals surface area contributed by atoms with Crippen molar-refractivity contribution in [2.24, 2.45) is 0 Å². The molecule has 0 atom stereocenters. The monoisotopic (exact) mass is 417 g/mol. The highest BCUT2D eigenvalue weighted by Gasteiger charge is 2.10. The lowest BCUT2D eigenvalue weighted by Gasteiger charge is -2.08. The van der Waals surface area contributed by atoms with E-state index >= 15 is 0 Å². The van der Waals surface area contributed by atoms with Gasteiger partial charge in [0, 0.05) is 35.1 Å². The van der Waals surface area contributed by atoms with E-state index in [1.165, 1.54) is 12.3 Å². The highest BCUT2D eigenvalue weighted by atomic mass is 32.1. The fraction of sp³-hybridized carbons (Fsp3) is 0.0476. The van der Waals surface area contributed by atoms with Gasteiger partial charge in [0.25, 0.3) is 5.56 Å². The summed E-state index contributed by atoms with van der Waals surface area (Å²) < 4.78 is 8.37. The van der Waals surface area contributed by atoms with E-state index in [1.807, 2.05) is 34.3 Å². The number of anilines is 1. The third-order valence-corrected chi connectivity index (χ3v) is 5.26. The van der Waals surface area contributed by atoms with Crippen LogP contribution in [0, 0.1) is 0 Å². The molecule has 0 saturated heterocycles. The van der Waals surface area contributed by atoms with Crippen molar-refractivity contribution in [3.63, 3.8) is 0 Å². The van der Waals surface area contributed by atoms with Gasteiger partial charge in [0.05, 0.1) is 12.0 Å². The summed E-state index contributed by atoms with van der Waals surface area (Å²) in [5, 5.41) is 8.97. The number of nitrogens with one attached hydrogen (secondary N) is 1. The van der Waals surface area contributed by atoms with Crippen molar-refractivity contribution in [1.82, 2.24) is 19.2 Å². The van der Waals surface area contributed by atoms with Crippen molar-refractivity contribution in [3.05, 3.63) is 82.9 Å². The van der Waals surface area contributed by atoms with E-state index in [1.54, 1.807) is 41.7 Å². The number of nitrogens with zero attached hydrogens (tertiary/aromatic N) is 4. The van der Waals surface area contributed by atoms with Crippen LogP contribution in [0.3, 0.4) is 0 Å². The molecule has 0 fully saturated rings. The maximum absolute atomic E-state index is 12.4. The minimum atomic E-state index is -0.365. The van der Waals surface area contributed by atoms with Crippen molar-refractivity contribution in [3.8, 4) is 22.7 Å². The van der Waals surface area contributed by atoms with E-state index in [0.29, 0.717) is 17.1 Å². The number of carbonyl (C=O) groups excluding carboxylic acids is 1. The van der Waals surface area contributed by atoms with Crippen LogP contribution in [-0.2, 0) is 11.3 Å². The molecule has 4 heterocycles. The lowest BCUT2D eigenvalue weighted by atomic mass is 10.1. The average molecular weight is 417 g/mol. The van der Waals surface area contributed by atoms with Gasteiger partial charge >= 0.3 is 0 Å². The normalized spacial score (nSPS) is 11.1. The van der Waals surface area contributed by atoms with Crippen molar-refractivity contribution in [2.45, 2.75) is 6.54 Å². The number of fused-ring (bicyclic) bond motifs is 1. The van der Waals surface area contributed by atoms with Crippen LogP contribution < -0.4 is 10.9 Å². The molecule has 0 bridgehead atoms. The van der Waals surface area contributed by atoms with E-state index < -0.39 is 0 Å². The van der Waals surface area contributed by atoms with E-state index in [9.17, 15) is 9.59 Å². The van der Waals surface area contributed by atoms with Crippen molar-refractivity contribution >= 4 is 27.9 Å². The Hall–Kier alpha value is -3.98. The molecule has 8 nitrogen and oxygen atoms in total. The first-order valence-corrected chi connectivity index (χ1v) is 9.98. The van der Waals surface area contributed by atoms with Gasteiger partial charge in [-0.15, -0.1) is 11.3 Å². The molecule has 0 aliphatic carbocycles. The topological polar surface area (TPSA) is 94.4 Å². The lowest BCUT2D eigenvalue weighted by molar-refractivity contribution is -0.117. The number of furan rings is 1. The van der Waals surface area contributed by atoms with Crippen LogP contribution in [0.4, 0.5) is 5.69 Å². The first-order chi connectivity index (χ1) is 14.7. The average Bonchev–Trinajstić information content (AvgIpc) is 3.48. The van der Waals surface area contributed by atoms with Crippen LogP contribution in [0.1, 0.15) is 0 Å². The van der Waals surface area contributed by atoms with Gasteiger partial charge in [-0.2, -0.15) is 5.10 Å². The van der Waals surface area contributed by atoms with Gasteiger partial charge in [-0.3, -0.25) is 14.0 Å². The summed E-state index contributed by atoms with van der Waals surface area (Å²) in [5.41, 5.74) is 2.56. The fourth-order valence-corrected chi connectivity index (χ4v) is 3.75. The highest BCUT2D eigenvalue weighted by molar-refractivity contribution is 7.15. The molecule has 5 aromatic rings. The highest BCUT2D eigenvalue weighted by Crippen LogP contribution is 2.23. The Bertz CT molecular complexity index is 1350. The minimum absolute atomic E-state index is 0.202. The summed E-state index contributed by atoms with van der Waals surface area (Å²) >= 11 is 1.57. The van der Waals surface area contributed by atoms with E-state index in [2.05, 4.69) is 15.4 Å². The molecule has 0 radical (unpaired) electrons. The molecular weight excluding hydrogens is 402 g/mol. The van der Waals surface area contributed by atoms with Crippen LogP contribution in [-0.4, -0.2) is 25.1 Å². The molecule has 0 aliphatic heterocycles. The zero-order valence-electron chi connectivity index (χ0n) is 15.6. The van der Waals surface area contributed by atoms with Crippen molar-refractivity contribution in [1.29, 1.82) is 0 Å². The van der Waals surface area contributed by atoms with E-state index in [4.69, 9.17) is 4.42 Å². The van der Waals surface area contributed by atoms with E-state index in [-0.39, 0.29) is 18.0 Å². The Morgan fingerprint density at radius 1 is 1.10 bits per heavy atom. The maximum Gasteiger partial charge on any atom is 0.267 e. The van der Waals surface area contributed by atoms with Crippen LogP contribution >= 0.6 is 11.3 Å². The molecule has 4 aromatic heterocycles. The molecule has 9 heteroatoms. The Balaban J connectivity index is 1.29. The second kappa shape index (κ2) is 7.45. The van der Waals surface area contributed by atoms with Gasteiger partial charge in [0.15, 0.2) is 10.7 Å². The molecule has 1 N–H and O–H groups in total. The van der Waals surface area contributed by atoms with Gasteiger partial charge in [0.2, 0.25) is 5.91 Å². The molecule has 0 unspecified atom stereocenters. The number of aromatic nitrogens is 4. The number of hydrogen-bond acceptors (Lipinski definition) is 6. The minimum Gasteiger partial charge on any atom is -0.463 e. The van der Waals surface area contributed by atoms with Gasteiger partial charge < -0.3 is 9.73 Å². The van der Waals surface area contributed by atoms with Gasteiger partial charge in [-0.1, -0.05) is 12.1 Å². The smallest absolute Gasteiger partial charge is 0.267 e. The summed E-state index contributed by atoms with van der Waals surface area (Å²) in [5.74, 6) is 0.176. The Morgan fingerprint density at radius 2 is 1.97 bits per heavy atom. The zero-order chi connectivity index (χ0) is 20.5. The van der Waals surface area contributed by atoms with Crippen LogP contribution in [0.2, 0.25) is 0 Å². The molecule has 1 aromatic carbocycles. The first-order valence-electron chi connectivity index (χ1n) is 9.10. The lowest BCUT2D eigenvalue weighted by Crippen LogP contribution is -2.29. The summed E-state index contributed by atoms with van der Waals surface area (Å²) in [6, 6.07) is 13.8. The maximum atomic E-state index is 12.4. The van der Waals surface area contributed by atoms with Gasteiger partial charge in [0.1, 0.15) is 12.2 Å². The molecule has 0 saturated carbocycles. The molecule has 1 amide bonds. The third-order valence-electron chi connectivity index (χ3n) is 4.49. The summed E-state index contributed by atoms with van der Waals surface area (Å²) in [6.07, 6.45) is 5.45. The standard InChI is InChI=1S/C21H15N5O3S/c27-19(13-26-20(28)8-7-16(24-26)18-2-1-10-29-18)22-15-5-3-14(4-6-15)17-12-25-9-11-30-21(25)23-17/h1-12H,13H2,(H,22,27). The molecule has 30 heavy (non-hydrogen) atoms. The number of imidazole rings is 1. The largest absolute Gasteiger partial charge is 0.463 e. The number of amides is 1. The molecule has 148 valence electrons. The number of benzene rings is 1. The Morgan fingerprint density at radius 3 is 2.73 bits per heavy atom. The number of carbonyl (C=O) groups is 1.